The van der Waals surface area contributed by atoms with Gasteiger partial charge in [0.1, 0.15) is 5.60 Å². The van der Waals surface area contributed by atoms with Crippen LogP contribution in [0.15, 0.2) is 0 Å². The first-order valence-corrected chi connectivity index (χ1v) is 5.86. The first-order chi connectivity index (χ1) is 8.15. The molecule has 0 aromatic rings. The summed E-state index contributed by atoms with van der Waals surface area (Å²) in [6.07, 6.45) is -0.777. The summed E-state index contributed by atoms with van der Waals surface area (Å²) >= 11 is 0. The fraction of sp³-hybridized carbons (Fsp3) is 0.833. The zero-order valence-corrected chi connectivity index (χ0v) is 11.6. The van der Waals surface area contributed by atoms with Crippen molar-refractivity contribution in [1.29, 1.82) is 0 Å². The summed E-state index contributed by atoms with van der Waals surface area (Å²) in [5.41, 5.74) is -0.609. The summed E-state index contributed by atoms with van der Waals surface area (Å²) in [6, 6.07) is -0.516. The number of ether oxygens (including phenoxy) is 2. The molecule has 0 radical (unpaired) electrons. The molecule has 106 valence electrons. The predicted octanol–water partition coefficient (Wildman–Crippen LogP) is 1.64. The van der Waals surface area contributed by atoms with Gasteiger partial charge in [-0.25, -0.2) is 4.79 Å². The smallest absolute Gasteiger partial charge is 0.407 e. The van der Waals surface area contributed by atoms with Crippen LogP contribution < -0.4 is 5.32 Å². The Labute approximate surface area is 108 Å². The molecule has 2 N–H and O–H groups in total. The van der Waals surface area contributed by atoms with Crippen molar-refractivity contribution in [1.82, 2.24) is 5.32 Å². The average Bonchev–Trinajstić information content (AvgIpc) is 2.13. The number of carbonyl (C=O) groups is 2. The van der Waals surface area contributed by atoms with Gasteiger partial charge in [-0.2, -0.15) is 0 Å². The number of amides is 1. The highest BCUT2D eigenvalue weighted by Gasteiger charge is 2.25. The van der Waals surface area contributed by atoms with Crippen LogP contribution in [-0.2, 0) is 14.3 Å². The van der Waals surface area contributed by atoms with Crippen molar-refractivity contribution in [3.05, 3.63) is 0 Å². The van der Waals surface area contributed by atoms with Gasteiger partial charge < -0.3 is 19.9 Å². The Morgan fingerprint density at radius 1 is 1.33 bits per heavy atom. The molecule has 0 aliphatic carbocycles. The van der Waals surface area contributed by atoms with E-state index >= 15 is 0 Å². The van der Waals surface area contributed by atoms with Crippen molar-refractivity contribution in [3.63, 3.8) is 0 Å². The second-order valence-electron chi connectivity index (χ2n) is 5.28. The standard InChI is InChI=1S/C12H23NO5/c1-8(7-17-5)9(6-10(14)15)13-11(16)18-12(2,3)4/h8-9H,6-7H2,1-5H3,(H,13,16)(H,14,15). The van der Waals surface area contributed by atoms with E-state index in [4.69, 9.17) is 14.6 Å². The van der Waals surface area contributed by atoms with Gasteiger partial charge >= 0.3 is 12.1 Å². The van der Waals surface area contributed by atoms with E-state index in [-0.39, 0.29) is 12.3 Å². The molecule has 6 nitrogen and oxygen atoms in total. The number of hydrogen-bond acceptors (Lipinski definition) is 4. The SMILES string of the molecule is COCC(C)C(CC(=O)O)NC(=O)OC(C)(C)C. The maximum Gasteiger partial charge on any atom is 0.407 e. The number of rotatable bonds is 6. The van der Waals surface area contributed by atoms with Crippen molar-refractivity contribution in [2.45, 2.75) is 45.8 Å². The Bertz CT molecular complexity index is 285. The van der Waals surface area contributed by atoms with Crippen LogP contribution in [0.2, 0.25) is 0 Å². The van der Waals surface area contributed by atoms with Crippen LogP contribution in [0.3, 0.4) is 0 Å². The van der Waals surface area contributed by atoms with Gasteiger partial charge in [-0.15, -0.1) is 0 Å². The highest BCUT2D eigenvalue weighted by atomic mass is 16.6. The summed E-state index contributed by atoms with van der Waals surface area (Å²) in [4.78, 5) is 22.3. The molecule has 0 spiro atoms. The second-order valence-corrected chi connectivity index (χ2v) is 5.28. The van der Waals surface area contributed by atoms with Gasteiger partial charge in [-0.05, 0) is 20.8 Å². The lowest BCUT2D eigenvalue weighted by Gasteiger charge is -2.26. The molecular weight excluding hydrogens is 238 g/mol. The molecular formula is C12H23NO5. The molecule has 1 amide bonds. The summed E-state index contributed by atoms with van der Waals surface area (Å²) in [5, 5.41) is 11.4. The summed E-state index contributed by atoms with van der Waals surface area (Å²) in [6.45, 7) is 7.42. The molecule has 0 saturated heterocycles. The third-order valence-electron chi connectivity index (χ3n) is 2.21. The topological polar surface area (TPSA) is 84.9 Å². The average molecular weight is 261 g/mol. The van der Waals surface area contributed by atoms with E-state index < -0.39 is 23.7 Å². The minimum absolute atomic E-state index is 0.112. The van der Waals surface area contributed by atoms with E-state index in [0.29, 0.717) is 6.61 Å². The fourth-order valence-corrected chi connectivity index (χ4v) is 1.42. The number of aliphatic carboxylic acids is 1. The molecule has 0 aromatic heterocycles. The van der Waals surface area contributed by atoms with E-state index in [1.165, 1.54) is 7.11 Å². The number of hydrogen-bond donors (Lipinski definition) is 2. The highest BCUT2D eigenvalue weighted by Crippen LogP contribution is 2.11. The fourth-order valence-electron chi connectivity index (χ4n) is 1.42. The maximum atomic E-state index is 11.6. The van der Waals surface area contributed by atoms with Crippen LogP contribution in [0.1, 0.15) is 34.1 Å². The molecule has 0 heterocycles. The molecule has 0 fully saturated rings. The molecule has 0 bridgehead atoms. The van der Waals surface area contributed by atoms with Gasteiger partial charge in [0.2, 0.25) is 0 Å². The largest absolute Gasteiger partial charge is 0.481 e. The van der Waals surface area contributed by atoms with Crippen LogP contribution in [0, 0.1) is 5.92 Å². The minimum Gasteiger partial charge on any atom is -0.481 e. The number of methoxy groups -OCH3 is 1. The van der Waals surface area contributed by atoms with Gasteiger partial charge in [-0.1, -0.05) is 6.92 Å². The monoisotopic (exact) mass is 261 g/mol. The second kappa shape index (κ2) is 7.20. The molecule has 0 rings (SSSR count). The molecule has 2 unspecified atom stereocenters. The van der Waals surface area contributed by atoms with Crippen LogP contribution in [0.4, 0.5) is 4.79 Å². The van der Waals surface area contributed by atoms with Gasteiger partial charge in [0.25, 0.3) is 0 Å². The Balaban J connectivity index is 4.48. The van der Waals surface area contributed by atoms with Crippen LogP contribution in [0.25, 0.3) is 0 Å². The summed E-state index contributed by atoms with van der Waals surface area (Å²) in [7, 11) is 1.53. The Morgan fingerprint density at radius 3 is 2.28 bits per heavy atom. The third-order valence-corrected chi connectivity index (χ3v) is 2.21. The normalized spacial score (nSPS) is 14.7. The highest BCUT2D eigenvalue weighted by molar-refractivity contribution is 5.71. The summed E-state index contributed by atoms with van der Waals surface area (Å²) < 4.78 is 10.1. The molecule has 0 aliphatic rings. The van der Waals surface area contributed by atoms with Crippen molar-refractivity contribution in [3.8, 4) is 0 Å². The number of alkyl carbamates (subject to hydrolysis) is 1. The van der Waals surface area contributed by atoms with E-state index in [9.17, 15) is 9.59 Å². The van der Waals surface area contributed by atoms with Crippen molar-refractivity contribution in [2.75, 3.05) is 13.7 Å². The van der Waals surface area contributed by atoms with Crippen LogP contribution in [-0.4, -0.2) is 42.5 Å². The lowest BCUT2D eigenvalue weighted by molar-refractivity contribution is -0.137. The summed E-state index contributed by atoms with van der Waals surface area (Å²) in [5.74, 6) is -1.09. The van der Waals surface area contributed by atoms with E-state index in [0.717, 1.165) is 0 Å². The number of carboxylic acids is 1. The predicted molar refractivity (Wildman–Crippen MR) is 66.5 cm³/mol. The minimum atomic E-state index is -0.973. The van der Waals surface area contributed by atoms with E-state index in [1.807, 2.05) is 6.92 Å². The molecule has 6 heteroatoms. The zero-order chi connectivity index (χ0) is 14.3. The molecule has 0 saturated carbocycles. The third kappa shape index (κ3) is 7.89. The Morgan fingerprint density at radius 2 is 1.89 bits per heavy atom. The lowest BCUT2D eigenvalue weighted by Crippen LogP contribution is -2.44. The molecule has 0 aliphatic heterocycles. The zero-order valence-electron chi connectivity index (χ0n) is 11.6. The van der Waals surface area contributed by atoms with Crippen LogP contribution in [0.5, 0.6) is 0 Å². The quantitative estimate of drug-likeness (QED) is 0.759. The van der Waals surface area contributed by atoms with Crippen LogP contribution >= 0.6 is 0 Å². The molecule has 2 atom stereocenters. The number of carbonyl (C=O) groups excluding carboxylic acids is 1. The van der Waals surface area contributed by atoms with Crippen molar-refractivity contribution >= 4 is 12.1 Å². The lowest BCUT2D eigenvalue weighted by atomic mass is 10.00. The first kappa shape index (κ1) is 16.7. The van der Waals surface area contributed by atoms with Gasteiger partial charge in [-0.3, -0.25) is 4.79 Å². The Kier molecular flexibility index (Phi) is 6.68. The van der Waals surface area contributed by atoms with E-state index in [2.05, 4.69) is 5.32 Å². The molecule has 18 heavy (non-hydrogen) atoms. The molecule has 0 aromatic carbocycles. The maximum absolute atomic E-state index is 11.6. The first-order valence-electron chi connectivity index (χ1n) is 5.86. The van der Waals surface area contributed by atoms with Gasteiger partial charge in [0.05, 0.1) is 13.0 Å². The Hall–Kier alpha value is -1.30. The van der Waals surface area contributed by atoms with Gasteiger partial charge in [0, 0.05) is 19.1 Å². The number of carboxylic acid groups (broad SMARTS) is 1. The van der Waals surface area contributed by atoms with Gasteiger partial charge in [0.15, 0.2) is 0 Å². The number of nitrogens with one attached hydrogen (secondary N) is 1. The van der Waals surface area contributed by atoms with Crippen molar-refractivity contribution < 1.29 is 24.2 Å². The van der Waals surface area contributed by atoms with E-state index in [1.54, 1.807) is 20.8 Å². The van der Waals surface area contributed by atoms with Crippen molar-refractivity contribution in [2.24, 2.45) is 5.92 Å².